The average molecular weight is 299 g/mol. The van der Waals surface area contributed by atoms with Gasteiger partial charge in [-0.2, -0.15) is 0 Å². The lowest BCUT2D eigenvalue weighted by molar-refractivity contribution is 0.242. The molecule has 0 fully saturated rings. The van der Waals surface area contributed by atoms with Crippen molar-refractivity contribution in [2.75, 3.05) is 32.9 Å². The van der Waals surface area contributed by atoms with Gasteiger partial charge in [-0.15, -0.1) is 0 Å². The summed E-state index contributed by atoms with van der Waals surface area (Å²) in [6.45, 7) is 7.07. The molecule has 0 atom stereocenters. The van der Waals surface area contributed by atoms with Gasteiger partial charge in [-0.3, -0.25) is 0 Å². The molecule has 0 bridgehead atoms. The minimum Gasteiger partial charge on any atom is -0.398 e. The van der Waals surface area contributed by atoms with E-state index >= 15 is 0 Å². The number of nitrogens with one attached hydrogen (secondary N) is 1. The third-order valence-corrected chi connectivity index (χ3v) is 4.44. The zero-order chi connectivity index (χ0) is 15.6. The van der Waals surface area contributed by atoms with Gasteiger partial charge in [0.15, 0.2) is 0 Å². The summed E-state index contributed by atoms with van der Waals surface area (Å²) >= 11 is 0. The Balaban J connectivity index is 2.82. The maximum atomic E-state index is 12.2. The Bertz CT molecular complexity index is 566. The Morgan fingerprint density at radius 2 is 1.90 bits per heavy atom. The Hall–Kier alpha value is -1.11. The molecular formula is C14H25N3O2S. The second-order valence-corrected chi connectivity index (χ2v) is 8.01. The van der Waals surface area contributed by atoms with Crippen LogP contribution in [0.5, 0.6) is 0 Å². The molecule has 5 nitrogen and oxygen atoms in total. The van der Waals surface area contributed by atoms with Crippen LogP contribution in [-0.4, -0.2) is 40.5 Å². The Labute approximate surface area is 122 Å². The number of anilines is 1. The molecule has 0 aliphatic carbocycles. The van der Waals surface area contributed by atoms with Crippen LogP contribution < -0.4 is 10.5 Å². The summed E-state index contributed by atoms with van der Waals surface area (Å²) in [7, 11) is 0.421. The summed E-state index contributed by atoms with van der Waals surface area (Å²) < 4.78 is 27.2. The summed E-state index contributed by atoms with van der Waals surface area (Å²) in [5.74, 6) is 0. The highest BCUT2D eigenvalue weighted by Gasteiger charge is 2.23. The number of benzene rings is 1. The highest BCUT2D eigenvalue weighted by atomic mass is 32.2. The molecule has 0 spiro atoms. The first-order chi connectivity index (χ1) is 9.03. The maximum absolute atomic E-state index is 12.2. The van der Waals surface area contributed by atoms with Crippen molar-refractivity contribution in [1.82, 2.24) is 9.62 Å². The van der Waals surface area contributed by atoms with Gasteiger partial charge in [0.1, 0.15) is 0 Å². The van der Waals surface area contributed by atoms with Crippen LogP contribution in [0, 0.1) is 12.3 Å². The van der Waals surface area contributed by atoms with Gasteiger partial charge in [-0.25, -0.2) is 13.1 Å². The molecule has 0 saturated heterocycles. The largest absolute Gasteiger partial charge is 0.398 e. The fraction of sp³-hybridized carbons (Fsp3) is 0.571. The zero-order valence-electron chi connectivity index (χ0n) is 12.9. The fourth-order valence-electron chi connectivity index (χ4n) is 2.07. The van der Waals surface area contributed by atoms with Gasteiger partial charge in [0, 0.05) is 18.8 Å². The molecule has 0 heterocycles. The van der Waals surface area contributed by atoms with Gasteiger partial charge in [0.2, 0.25) is 10.0 Å². The van der Waals surface area contributed by atoms with Crippen molar-refractivity contribution in [3.05, 3.63) is 23.8 Å². The van der Waals surface area contributed by atoms with Crippen molar-refractivity contribution in [1.29, 1.82) is 0 Å². The van der Waals surface area contributed by atoms with E-state index in [1.54, 1.807) is 12.1 Å². The molecule has 0 radical (unpaired) electrons. The van der Waals surface area contributed by atoms with Crippen molar-refractivity contribution in [2.45, 2.75) is 25.7 Å². The Morgan fingerprint density at radius 3 is 2.40 bits per heavy atom. The quantitative estimate of drug-likeness (QED) is 0.780. The highest BCUT2D eigenvalue weighted by molar-refractivity contribution is 7.89. The van der Waals surface area contributed by atoms with E-state index in [0.29, 0.717) is 12.2 Å². The number of hydrogen-bond acceptors (Lipinski definition) is 4. The number of nitrogen functional groups attached to an aromatic ring is 1. The molecule has 0 amide bonds. The lowest BCUT2D eigenvalue weighted by Crippen LogP contribution is -2.39. The number of nitrogens with zero attached hydrogens (tertiary/aromatic N) is 1. The van der Waals surface area contributed by atoms with Crippen molar-refractivity contribution in [2.24, 2.45) is 5.41 Å². The third kappa shape index (κ3) is 4.77. The van der Waals surface area contributed by atoms with Crippen LogP contribution in [0.4, 0.5) is 5.69 Å². The first-order valence-electron chi connectivity index (χ1n) is 6.54. The molecule has 1 aromatic carbocycles. The van der Waals surface area contributed by atoms with Gasteiger partial charge in [-0.1, -0.05) is 19.9 Å². The van der Waals surface area contributed by atoms with Crippen molar-refractivity contribution >= 4 is 15.7 Å². The minimum atomic E-state index is -3.52. The molecule has 114 valence electrons. The number of rotatable bonds is 6. The van der Waals surface area contributed by atoms with E-state index in [-0.39, 0.29) is 10.3 Å². The van der Waals surface area contributed by atoms with Gasteiger partial charge in [0.05, 0.1) is 4.90 Å². The topological polar surface area (TPSA) is 75.4 Å². The number of aryl methyl sites for hydroxylation is 1. The molecule has 0 aromatic heterocycles. The molecule has 1 rings (SSSR count). The molecule has 6 heteroatoms. The van der Waals surface area contributed by atoms with E-state index in [4.69, 9.17) is 5.73 Å². The first-order valence-corrected chi connectivity index (χ1v) is 8.02. The molecule has 20 heavy (non-hydrogen) atoms. The van der Waals surface area contributed by atoms with Crippen molar-refractivity contribution < 1.29 is 8.42 Å². The average Bonchev–Trinajstić information content (AvgIpc) is 2.29. The molecule has 3 N–H and O–H groups in total. The first kappa shape index (κ1) is 16.9. The summed E-state index contributed by atoms with van der Waals surface area (Å²) in [6, 6.07) is 4.79. The minimum absolute atomic E-state index is 0.146. The number of nitrogens with two attached hydrogens (primary N) is 1. The summed E-state index contributed by atoms with van der Waals surface area (Å²) in [5, 5.41) is 0. The summed E-state index contributed by atoms with van der Waals surface area (Å²) in [5.41, 5.74) is 6.98. The maximum Gasteiger partial charge on any atom is 0.240 e. The second kappa shape index (κ2) is 6.11. The normalized spacial score (nSPS) is 12.9. The van der Waals surface area contributed by atoms with Gasteiger partial charge >= 0.3 is 0 Å². The van der Waals surface area contributed by atoms with E-state index in [9.17, 15) is 8.42 Å². The van der Waals surface area contributed by atoms with E-state index in [2.05, 4.69) is 4.72 Å². The predicted octanol–water partition coefficient (Wildman–Crippen LogP) is 1.44. The molecular weight excluding hydrogens is 274 g/mol. The number of hydrogen-bond donors (Lipinski definition) is 2. The fourth-order valence-corrected chi connectivity index (χ4v) is 3.35. The zero-order valence-corrected chi connectivity index (χ0v) is 13.7. The lowest BCUT2D eigenvalue weighted by Gasteiger charge is -2.28. The SMILES string of the molecule is Cc1ccc(S(=O)(=O)NCC(C)(C)CN(C)C)cc1N. The Kier molecular flexibility index (Phi) is 5.18. The van der Waals surface area contributed by atoms with E-state index < -0.39 is 10.0 Å². The van der Waals surface area contributed by atoms with Crippen molar-refractivity contribution in [3.8, 4) is 0 Å². The monoisotopic (exact) mass is 299 g/mol. The highest BCUT2D eigenvalue weighted by Crippen LogP contribution is 2.19. The molecule has 0 unspecified atom stereocenters. The molecule has 0 saturated carbocycles. The van der Waals surface area contributed by atoms with Crippen LogP contribution in [0.3, 0.4) is 0 Å². The van der Waals surface area contributed by atoms with Crippen molar-refractivity contribution in [3.63, 3.8) is 0 Å². The second-order valence-electron chi connectivity index (χ2n) is 6.24. The van der Waals surface area contributed by atoms with Crippen LogP contribution in [0.25, 0.3) is 0 Å². The van der Waals surface area contributed by atoms with Crippen LogP contribution in [0.1, 0.15) is 19.4 Å². The van der Waals surface area contributed by atoms with E-state index in [0.717, 1.165) is 12.1 Å². The Morgan fingerprint density at radius 1 is 1.30 bits per heavy atom. The summed E-state index contributed by atoms with van der Waals surface area (Å²) in [4.78, 5) is 2.25. The smallest absolute Gasteiger partial charge is 0.240 e. The number of sulfonamides is 1. The molecule has 0 aliphatic rings. The summed E-state index contributed by atoms with van der Waals surface area (Å²) in [6.07, 6.45) is 0. The van der Waals surface area contributed by atoms with E-state index in [1.165, 1.54) is 6.07 Å². The molecule has 0 aliphatic heterocycles. The predicted molar refractivity (Wildman–Crippen MR) is 83.1 cm³/mol. The molecule has 1 aromatic rings. The standard InChI is InChI=1S/C14H25N3O2S/c1-11-6-7-12(8-13(11)15)20(18,19)16-9-14(2,3)10-17(4)5/h6-8,16H,9-10,15H2,1-5H3. The van der Waals surface area contributed by atoms with Gasteiger partial charge in [0.25, 0.3) is 0 Å². The third-order valence-electron chi connectivity index (χ3n) is 3.05. The van der Waals surface area contributed by atoms with E-state index in [1.807, 2.05) is 39.8 Å². The van der Waals surface area contributed by atoms with Gasteiger partial charge in [-0.05, 0) is 44.1 Å². The van der Waals surface area contributed by atoms with Crippen LogP contribution in [-0.2, 0) is 10.0 Å². The van der Waals surface area contributed by atoms with Crippen LogP contribution in [0.2, 0.25) is 0 Å². The van der Waals surface area contributed by atoms with Crippen LogP contribution in [0.15, 0.2) is 23.1 Å². The lowest BCUT2D eigenvalue weighted by atomic mass is 9.93. The van der Waals surface area contributed by atoms with Gasteiger partial charge < -0.3 is 10.6 Å². The van der Waals surface area contributed by atoms with Crippen LogP contribution >= 0.6 is 0 Å².